The summed E-state index contributed by atoms with van der Waals surface area (Å²) in [4.78, 5) is 45.8. The van der Waals surface area contributed by atoms with Crippen molar-refractivity contribution >= 4 is 75.3 Å². The molecule has 3 heterocycles. The van der Waals surface area contributed by atoms with Crippen molar-refractivity contribution in [2.24, 2.45) is 0 Å². The van der Waals surface area contributed by atoms with Gasteiger partial charge in [-0.3, -0.25) is 28.0 Å². The van der Waals surface area contributed by atoms with Gasteiger partial charge < -0.3 is 34.9 Å². The van der Waals surface area contributed by atoms with E-state index in [4.69, 9.17) is 14.5 Å². The summed E-state index contributed by atoms with van der Waals surface area (Å²) in [5.41, 5.74) is 3.17. The van der Waals surface area contributed by atoms with Crippen molar-refractivity contribution in [3.05, 3.63) is 148 Å². The Kier molecular flexibility index (Phi) is 24.6. The van der Waals surface area contributed by atoms with Crippen molar-refractivity contribution in [1.29, 1.82) is 0 Å². The first kappa shape index (κ1) is 72.8. The lowest BCUT2D eigenvalue weighted by Gasteiger charge is -2.31. The molecule has 0 saturated heterocycles. The third kappa shape index (κ3) is 19.5. The predicted octanol–water partition coefficient (Wildman–Crippen LogP) is 7.75. The number of allylic oxidation sites excluding steroid dienone is 6. The van der Waals surface area contributed by atoms with Gasteiger partial charge in [0, 0.05) is 79.1 Å². The first-order valence-electron chi connectivity index (χ1n) is 30.7. The van der Waals surface area contributed by atoms with Crippen molar-refractivity contribution < 1.29 is 84.7 Å². The van der Waals surface area contributed by atoms with Crippen molar-refractivity contribution in [2.45, 2.75) is 144 Å². The lowest BCUT2D eigenvalue weighted by atomic mass is 9.75. The number of benzene rings is 3. The Balaban J connectivity index is 0.896. The number of aromatic nitrogens is 1. The smallest absolute Gasteiger partial charge is 0.294 e. The van der Waals surface area contributed by atoms with Crippen LogP contribution < -0.4 is 20.9 Å². The number of hydrogen-bond donors (Lipinski definition) is 6. The molecule has 502 valence electrons. The van der Waals surface area contributed by atoms with Crippen molar-refractivity contribution in [1.82, 2.24) is 20.9 Å². The summed E-state index contributed by atoms with van der Waals surface area (Å²) in [6.45, 7) is 10.6. The minimum absolute atomic E-state index is 0.00416. The molecule has 3 aliphatic rings. The zero-order chi connectivity index (χ0) is 67.3. The Bertz CT molecular complexity index is 3940. The molecule has 0 spiro atoms. The molecule has 7 rings (SSSR count). The van der Waals surface area contributed by atoms with Crippen LogP contribution in [0.15, 0.2) is 119 Å². The van der Waals surface area contributed by atoms with E-state index in [9.17, 15) is 70.7 Å². The van der Waals surface area contributed by atoms with Gasteiger partial charge in [-0.05, 0) is 129 Å². The summed E-state index contributed by atoms with van der Waals surface area (Å²) >= 11 is 0. The third-order valence-corrected chi connectivity index (χ3v) is 20.3. The molecular formula is C64H83FN6O17S4. The fourth-order valence-corrected chi connectivity index (χ4v) is 13.9. The van der Waals surface area contributed by atoms with E-state index in [1.165, 1.54) is 48.5 Å². The van der Waals surface area contributed by atoms with Crippen LogP contribution in [-0.4, -0.2) is 155 Å². The molecule has 0 radical (unpaired) electrons. The van der Waals surface area contributed by atoms with Gasteiger partial charge in [0.25, 0.3) is 36.3 Å². The van der Waals surface area contributed by atoms with Crippen LogP contribution >= 0.6 is 0 Å². The van der Waals surface area contributed by atoms with Gasteiger partial charge in [0.1, 0.15) is 33.7 Å². The molecule has 3 aromatic carbocycles. The van der Waals surface area contributed by atoms with Crippen LogP contribution in [0.4, 0.5) is 15.8 Å². The van der Waals surface area contributed by atoms with Crippen LogP contribution in [0, 0.1) is 5.82 Å². The van der Waals surface area contributed by atoms with Crippen LogP contribution in [0.25, 0.3) is 0 Å². The third-order valence-electron chi connectivity index (χ3n) is 17.0. The highest BCUT2D eigenvalue weighted by Crippen LogP contribution is 2.49. The number of nitrogens with one attached hydrogen (secondary N) is 3. The van der Waals surface area contributed by atoms with Crippen molar-refractivity contribution in [3.8, 4) is 0 Å². The number of halogens is 1. The minimum Gasteiger partial charge on any atom is -0.744 e. The van der Waals surface area contributed by atoms with Crippen LogP contribution in [0.5, 0.6) is 0 Å². The average molecular weight is 1360 g/mol. The quantitative estimate of drug-likeness (QED) is 0.0110. The van der Waals surface area contributed by atoms with Crippen LogP contribution in [-0.2, 0) is 76.8 Å². The second-order valence-corrected chi connectivity index (χ2v) is 29.9. The monoisotopic (exact) mass is 1350 g/mol. The van der Waals surface area contributed by atoms with Crippen LogP contribution in [0.1, 0.15) is 150 Å². The van der Waals surface area contributed by atoms with Gasteiger partial charge in [-0.2, -0.15) is 29.8 Å². The standard InChI is InChI=1S/C64H83FN6O17S4/c1-6-64(7-2,69-60(73)53-28-27-50(46-21-22-46)54(68-53)42-45-19-23-47(65)24-20-45)61(74)67-33-37-88-39-38-87-36-32-66-59(72)18-12-9-13-31-63(5)52-44-49(92(84,85)86)26-30-56(52)71(35-15-41-90(78,79)80)58(63)17-11-8-10-16-57-62(3,4)51-43-48(91(81,82)83)25-29-55(51)70(57)34-14-40-89(75,76)77/h8,10-11,16-17,19-20,23-30,43-44,46H,6-7,9,12-15,18,21-22,31-42H2,1-5H3,(H6-,66,67,69,72,73,74,75,76,77,78,79,80,81,82,83,84,85,86). The highest BCUT2D eigenvalue weighted by Gasteiger charge is 2.48. The number of fused-ring (bicyclic) bond motifs is 2. The number of carbonyl (C=O) groups excluding carboxylic acids is 3. The molecule has 0 bridgehead atoms. The van der Waals surface area contributed by atoms with Crippen molar-refractivity contribution in [3.63, 3.8) is 0 Å². The van der Waals surface area contributed by atoms with Gasteiger partial charge in [0.15, 0.2) is 5.71 Å². The lowest BCUT2D eigenvalue weighted by molar-refractivity contribution is -0.437. The second kappa shape index (κ2) is 31.1. The number of rotatable bonds is 36. The number of unbranched alkanes of at least 4 members (excludes halogenated alkanes) is 2. The highest BCUT2D eigenvalue weighted by atomic mass is 32.2. The van der Waals surface area contributed by atoms with Crippen LogP contribution in [0.2, 0.25) is 0 Å². The topological polar surface area (TPSA) is 345 Å². The normalized spacial score (nSPS) is 17.2. The molecule has 1 aliphatic carbocycles. The summed E-state index contributed by atoms with van der Waals surface area (Å²) < 4.78 is 164. The number of nitrogens with zero attached hydrogens (tertiary/aromatic N) is 3. The molecule has 1 saturated carbocycles. The first-order valence-corrected chi connectivity index (χ1v) is 36.7. The van der Waals surface area contributed by atoms with E-state index in [2.05, 4.69) is 16.0 Å². The molecule has 1 atom stereocenters. The number of hydrogen-bond acceptors (Lipinski definition) is 16. The Hall–Kier alpha value is -6.60. The average Bonchev–Trinajstić information content (AvgIpc) is 1.58. The minimum atomic E-state index is -4.83. The predicted molar refractivity (Wildman–Crippen MR) is 344 cm³/mol. The molecule has 1 aromatic heterocycles. The molecule has 3 amide bonds. The fourth-order valence-electron chi connectivity index (χ4n) is 11.9. The van der Waals surface area contributed by atoms with Gasteiger partial charge in [-0.1, -0.05) is 77.0 Å². The van der Waals surface area contributed by atoms with Gasteiger partial charge in [-0.15, -0.1) is 0 Å². The van der Waals surface area contributed by atoms with Gasteiger partial charge >= 0.3 is 0 Å². The summed E-state index contributed by atoms with van der Waals surface area (Å²) in [6.07, 6.45) is 13.9. The number of pyridine rings is 1. The van der Waals surface area contributed by atoms with E-state index in [-0.39, 0.29) is 100 Å². The number of carbonyl (C=O) groups is 3. The maximum absolute atomic E-state index is 13.6. The molecular weight excluding hydrogens is 1270 g/mol. The Labute approximate surface area is 539 Å². The fraction of sp³-hybridized carbons (Fsp3) is 0.484. The number of ether oxygens (including phenoxy) is 2. The van der Waals surface area contributed by atoms with Gasteiger partial charge in [0.05, 0.1) is 53.1 Å². The summed E-state index contributed by atoms with van der Waals surface area (Å²) in [6, 6.07) is 17.9. The molecule has 28 heteroatoms. The molecule has 92 heavy (non-hydrogen) atoms. The van der Waals surface area contributed by atoms with E-state index in [1.54, 1.807) is 53.5 Å². The molecule has 4 aromatic rings. The number of amides is 3. The van der Waals surface area contributed by atoms with Crippen molar-refractivity contribution in [2.75, 3.05) is 69.0 Å². The molecule has 6 N–H and O–H groups in total. The molecule has 23 nitrogen and oxygen atoms in total. The number of anilines is 1. The summed E-state index contributed by atoms with van der Waals surface area (Å²) in [7, 11) is -18.2. The Morgan fingerprint density at radius 2 is 1.40 bits per heavy atom. The SMILES string of the molecule is CCC(CC)(NC(=O)c1ccc(C2CC2)c(Cc2ccc(F)cc2)n1)C(=O)NCCOCCOCCNC(=O)CCCCCC1(C)C(/C=C/C=C/C=C2/N(CCCS(=O)(=O)O)c3ccc(S(=O)(=O)[O-])cc3C2(C)C)=[N+](CCCS(=O)(=O)O)c2ccc(S(=O)(=O)O)cc21. The Morgan fingerprint density at radius 1 is 0.761 bits per heavy atom. The summed E-state index contributed by atoms with van der Waals surface area (Å²) in [5.74, 6) is -2.11. The zero-order valence-corrected chi connectivity index (χ0v) is 55.6. The molecule has 2 aliphatic heterocycles. The lowest BCUT2D eigenvalue weighted by Crippen LogP contribution is -2.58. The van der Waals surface area contributed by atoms with E-state index >= 15 is 0 Å². The van der Waals surface area contributed by atoms with Gasteiger partial charge in [0.2, 0.25) is 17.5 Å². The highest BCUT2D eigenvalue weighted by molar-refractivity contribution is 7.86. The van der Waals surface area contributed by atoms with Crippen LogP contribution in [0.3, 0.4) is 0 Å². The summed E-state index contributed by atoms with van der Waals surface area (Å²) in [5, 5.41) is 8.66. The first-order chi connectivity index (χ1) is 43.3. The van der Waals surface area contributed by atoms with Gasteiger partial charge in [-0.25, -0.2) is 17.8 Å². The van der Waals surface area contributed by atoms with E-state index in [0.29, 0.717) is 84.8 Å². The van der Waals surface area contributed by atoms with E-state index in [1.807, 2.05) is 45.3 Å². The molecule has 1 unspecified atom stereocenters. The molecule has 1 fully saturated rings. The van der Waals surface area contributed by atoms with E-state index < -0.39 is 79.1 Å². The van der Waals surface area contributed by atoms with E-state index in [0.717, 1.165) is 29.7 Å². The maximum Gasteiger partial charge on any atom is 0.294 e. The Morgan fingerprint density at radius 3 is 2.03 bits per heavy atom. The zero-order valence-electron chi connectivity index (χ0n) is 52.4. The maximum atomic E-state index is 13.6. The second-order valence-electron chi connectivity index (χ2n) is 24.0. The largest absolute Gasteiger partial charge is 0.744 e.